The molecule has 1 heterocycles. The van der Waals surface area contributed by atoms with E-state index < -0.39 is 0 Å². The Kier molecular flexibility index (Phi) is 7.24. The zero-order valence-electron chi connectivity index (χ0n) is 15.3. The average molecular weight is 378 g/mol. The molecule has 0 spiro atoms. The van der Waals surface area contributed by atoms with E-state index in [2.05, 4.69) is 5.43 Å². The van der Waals surface area contributed by atoms with Crippen molar-refractivity contribution in [3.8, 4) is 0 Å². The summed E-state index contributed by atoms with van der Waals surface area (Å²) >= 11 is 6.16. The van der Waals surface area contributed by atoms with Crippen LogP contribution in [-0.2, 0) is 16.1 Å². The first-order valence-corrected chi connectivity index (χ1v) is 8.91. The molecule has 26 heavy (non-hydrogen) atoms. The standard InChI is InChI=1S/C19H24ClN3O3/c1-4-26-11-7-10-22-15(3)14(2)17(12-19(22)25)21-23(13-24)18-9-6-5-8-16(18)20/h5-6,8-9,12-13,21H,4,7,10-11H2,1-3H3. The molecule has 1 N–H and O–H groups in total. The summed E-state index contributed by atoms with van der Waals surface area (Å²) in [5.41, 5.74) is 5.68. The molecule has 0 unspecified atom stereocenters. The number of hydrogen-bond donors (Lipinski definition) is 1. The van der Waals surface area contributed by atoms with Gasteiger partial charge in [0.25, 0.3) is 5.56 Å². The number of carbonyl (C=O) groups is 1. The maximum Gasteiger partial charge on any atom is 0.252 e. The molecule has 140 valence electrons. The van der Waals surface area contributed by atoms with Crippen molar-refractivity contribution in [2.24, 2.45) is 0 Å². The summed E-state index contributed by atoms with van der Waals surface area (Å²) in [5.74, 6) is 0. The average Bonchev–Trinajstić information content (AvgIpc) is 2.63. The van der Waals surface area contributed by atoms with E-state index in [4.69, 9.17) is 16.3 Å². The van der Waals surface area contributed by atoms with Gasteiger partial charge in [0.1, 0.15) is 0 Å². The fourth-order valence-electron chi connectivity index (χ4n) is 2.66. The van der Waals surface area contributed by atoms with E-state index in [-0.39, 0.29) is 5.56 Å². The zero-order valence-corrected chi connectivity index (χ0v) is 16.0. The van der Waals surface area contributed by atoms with Gasteiger partial charge in [0, 0.05) is 31.5 Å². The van der Waals surface area contributed by atoms with Crippen LogP contribution in [0.5, 0.6) is 0 Å². The van der Waals surface area contributed by atoms with Gasteiger partial charge in [-0.3, -0.25) is 15.0 Å². The number of carbonyl (C=O) groups excluding carboxylic acids is 1. The molecule has 0 radical (unpaired) electrons. The van der Waals surface area contributed by atoms with Gasteiger partial charge in [0.05, 0.1) is 16.4 Å². The second-order valence-electron chi connectivity index (χ2n) is 5.85. The number of rotatable bonds is 9. The van der Waals surface area contributed by atoms with Gasteiger partial charge in [-0.15, -0.1) is 0 Å². The lowest BCUT2D eigenvalue weighted by Gasteiger charge is -2.23. The molecular formula is C19H24ClN3O3. The van der Waals surface area contributed by atoms with Gasteiger partial charge >= 0.3 is 0 Å². The molecule has 0 atom stereocenters. The molecule has 0 aliphatic heterocycles. The predicted molar refractivity (Wildman–Crippen MR) is 105 cm³/mol. The van der Waals surface area contributed by atoms with E-state index in [1.807, 2.05) is 20.8 Å². The van der Waals surface area contributed by atoms with Gasteiger partial charge in [0.15, 0.2) is 0 Å². The summed E-state index contributed by atoms with van der Waals surface area (Å²) in [5, 5.41) is 1.70. The number of pyridine rings is 1. The Labute approximate surface area is 158 Å². The first kappa shape index (κ1) is 20.0. The molecule has 0 fully saturated rings. The minimum atomic E-state index is -0.128. The van der Waals surface area contributed by atoms with E-state index >= 15 is 0 Å². The molecule has 1 aromatic heterocycles. The highest BCUT2D eigenvalue weighted by Gasteiger charge is 2.14. The summed E-state index contributed by atoms with van der Waals surface area (Å²) in [7, 11) is 0. The monoisotopic (exact) mass is 377 g/mol. The molecule has 0 aliphatic rings. The number of benzene rings is 1. The van der Waals surface area contributed by atoms with Crippen LogP contribution in [0.2, 0.25) is 5.02 Å². The predicted octanol–water partition coefficient (Wildman–Crippen LogP) is 3.54. The maximum absolute atomic E-state index is 12.5. The number of anilines is 2. The number of amides is 1. The highest BCUT2D eigenvalue weighted by Crippen LogP contribution is 2.26. The van der Waals surface area contributed by atoms with Crippen molar-refractivity contribution in [1.29, 1.82) is 0 Å². The van der Waals surface area contributed by atoms with Crippen molar-refractivity contribution >= 4 is 29.4 Å². The first-order valence-electron chi connectivity index (χ1n) is 8.54. The largest absolute Gasteiger partial charge is 0.382 e. The second-order valence-corrected chi connectivity index (χ2v) is 6.25. The number of halogens is 1. The van der Waals surface area contributed by atoms with Crippen LogP contribution >= 0.6 is 11.6 Å². The van der Waals surface area contributed by atoms with Gasteiger partial charge < -0.3 is 9.30 Å². The van der Waals surface area contributed by atoms with Crippen molar-refractivity contribution in [3.63, 3.8) is 0 Å². The van der Waals surface area contributed by atoms with Crippen molar-refractivity contribution in [1.82, 2.24) is 4.57 Å². The SMILES string of the molecule is CCOCCCn1c(C)c(C)c(NN(C=O)c2ccccc2Cl)cc1=O. The molecule has 2 rings (SSSR count). The van der Waals surface area contributed by atoms with E-state index in [9.17, 15) is 9.59 Å². The minimum absolute atomic E-state index is 0.128. The van der Waals surface area contributed by atoms with Gasteiger partial charge in [0.2, 0.25) is 6.41 Å². The Morgan fingerprint density at radius 3 is 2.69 bits per heavy atom. The molecular weight excluding hydrogens is 354 g/mol. The van der Waals surface area contributed by atoms with Crippen LogP contribution in [0.4, 0.5) is 11.4 Å². The fourth-order valence-corrected chi connectivity index (χ4v) is 2.88. The van der Waals surface area contributed by atoms with Crippen molar-refractivity contribution in [3.05, 3.63) is 57.0 Å². The Hall–Kier alpha value is -2.31. The summed E-state index contributed by atoms with van der Waals surface area (Å²) in [4.78, 5) is 24.0. The number of ether oxygens (including phenoxy) is 1. The normalized spacial score (nSPS) is 10.6. The van der Waals surface area contributed by atoms with E-state index in [0.29, 0.717) is 42.6 Å². The number of para-hydroxylation sites is 1. The number of hydrogen-bond acceptors (Lipinski definition) is 4. The number of hydrazine groups is 1. The highest BCUT2D eigenvalue weighted by molar-refractivity contribution is 6.33. The lowest BCUT2D eigenvalue weighted by Crippen LogP contribution is -2.31. The molecule has 0 saturated carbocycles. The highest BCUT2D eigenvalue weighted by atomic mass is 35.5. The molecule has 0 bridgehead atoms. The molecule has 0 aliphatic carbocycles. The van der Waals surface area contributed by atoms with E-state index in [1.54, 1.807) is 28.8 Å². The van der Waals surface area contributed by atoms with Gasteiger partial charge in [-0.25, -0.2) is 5.01 Å². The summed E-state index contributed by atoms with van der Waals surface area (Å²) < 4.78 is 7.05. The fraction of sp³-hybridized carbons (Fsp3) is 0.368. The smallest absolute Gasteiger partial charge is 0.252 e. The Balaban J connectivity index is 2.26. The minimum Gasteiger partial charge on any atom is -0.382 e. The van der Waals surface area contributed by atoms with Crippen LogP contribution in [0.1, 0.15) is 24.6 Å². The van der Waals surface area contributed by atoms with Crippen LogP contribution in [0.3, 0.4) is 0 Å². The Bertz CT molecular complexity index is 820. The second kappa shape index (κ2) is 9.40. The quantitative estimate of drug-likeness (QED) is 0.412. The van der Waals surface area contributed by atoms with Crippen molar-refractivity contribution < 1.29 is 9.53 Å². The van der Waals surface area contributed by atoms with Gasteiger partial charge in [-0.05, 0) is 44.9 Å². The third kappa shape index (κ3) is 4.65. The van der Waals surface area contributed by atoms with Gasteiger partial charge in [-0.2, -0.15) is 0 Å². The number of nitrogens with one attached hydrogen (secondary N) is 1. The van der Waals surface area contributed by atoms with E-state index in [0.717, 1.165) is 17.7 Å². The van der Waals surface area contributed by atoms with Crippen LogP contribution in [0.15, 0.2) is 35.1 Å². The molecule has 7 heteroatoms. The number of aromatic nitrogens is 1. The third-order valence-electron chi connectivity index (χ3n) is 4.22. The Morgan fingerprint density at radius 2 is 2.04 bits per heavy atom. The molecule has 1 amide bonds. The zero-order chi connectivity index (χ0) is 19.1. The molecule has 2 aromatic rings. The summed E-state index contributed by atoms with van der Waals surface area (Å²) in [6, 6.07) is 8.49. The molecule has 1 aromatic carbocycles. The topological polar surface area (TPSA) is 63.6 Å². The van der Waals surface area contributed by atoms with Crippen LogP contribution in [0.25, 0.3) is 0 Å². The molecule has 0 saturated heterocycles. The summed E-state index contributed by atoms with van der Waals surface area (Å²) in [6.07, 6.45) is 1.39. The van der Waals surface area contributed by atoms with Crippen LogP contribution in [-0.4, -0.2) is 24.2 Å². The van der Waals surface area contributed by atoms with E-state index in [1.165, 1.54) is 11.1 Å². The number of nitrogens with zero attached hydrogens (tertiary/aromatic N) is 2. The lowest BCUT2D eigenvalue weighted by atomic mass is 10.2. The van der Waals surface area contributed by atoms with Crippen LogP contribution in [0, 0.1) is 13.8 Å². The third-order valence-corrected chi connectivity index (χ3v) is 4.54. The first-order chi connectivity index (χ1) is 12.5. The lowest BCUT2D eigenvalue weighted by molar-refractivity contribution is -0.107. The van der Waals surface area contributed by atoms with Crippen molar-refractivity contribution in [2.45, 2.75) is 33.7 Å². The maximum atomic E-state index is 12.5. The summed E-state index contributed by atoms with van der Waals surface area (Å²) in [6.45, 7) is 7.62. The van der Waals surface area contributed by atoms with Gasteiger partial charge in [-0.1, -0.05) is 23.7 Å². The molecule has 6 nitrogen and oxygen atoms in total. The Morgan fingerprint density at radius 1 is 1.31 bits per heavy atom. The van der Waals surface area contributed by atoms with Crippen LogP contribution < -0.4 is 16.0 Å². The van der Waals surface area contributed by atoms with Crippen molar-refractivity contribution in [2.75, 3.05) is 23.6 Å².